The Morgan fingerprint density at radius 2 is 1.83 bits per heavy atom. The minimum atomic E-state index is -0.498. The number of nitrogens with two attached hydrogens (primary N) is 1. The van der Waals surface area contributed by atoms with Crippen LogP contribution in [0.4, 0.5) is 33.2 Å². The largest absolute Gasteiger partial charge is 0.380 e. The second kappa shape index (κ2) is 11.1. The number of morpholine rings is 1. The second-order valence-electron chi connectivity index (χ2n) is 8.42. The van der Waals surface area contributed by atoms with Crippen LogP contribution in [-0.2, 0) is 4.74 Å². The molecule has 0 unspecified atom stereocenters. The molecule has 4 heterocycles. The van der Waals surface area contributed by atoms with E-state index in [1.54, 1.807) is 12.3 Å². The molecule has 5 N–H and O–H groups in total. The van der Waals surface area contributed by atoms with Crippen LogP contribution in [0, 0.1) is 5.82 Å². The molecule has 2 fully saturated rings. The molecule has 2 aliphatic heterocycles. The molecule has 5 rings (SSSR count). The maximum atomic E-state index is 14.2. The van der Waals surface area contributed by atoms with Gasteiger partial charge in [-0.3, -0.25) is 4.98 Å². The van der Waals surface area contributed by atoms with Gasteiger partial charge in [-0.25, -0.2) is 14.8 Å². The minimum Gasteiger partial charge on any atom is -0.380 e. The van der Waals surface area contributed by atoms with Crippen molar-refractivity contribution in [1.82, 2.24) is 20.3 Å². The van der Waals surface area contributed by atoms with Gasteiger partial charge in [-0.2, -0.15) is 10.1 Å². The number of hydrogen-bond donors (Lipinski definition) is 4. The summed E-state index contributed by atoms with van der Waals surface area (Å²) in [4.78, 5) is 16.8. The Bertz CT molecular complexity index is 1190. The third-order valence-electron chi connectivity index (χ3n) is 5.96. The van der Waals surface area contributed by atoms with Crippen molar-refractivity contribution in [3.05, 3.63) is 60.3 Å². The number of rotatable bonds is 7. The van der Waals surface area contributed by atoms with Crippen molar-refractivity contribution in [3.63, 3.8) is 0 Å². The summed E-state index contributed by atoms with van der Waals surface area (Å²) in [5, 5.41) is 10.9. The van der Waals surface area contributed by atoms with Crippen LogP contribution < -0.4 is 31.6 Å². The van der Waals surface area contributed by atoms with E-state index in [1.165, 1.54) is 5.69 Å². The summed E-state index contributed by atoms with van der Waals surface area (Å²) >= 11 is 0. The predicted octanol–water partition coefficient (Wildman–Crippen LogP) is 1.73. The number of pyridine rings is 1. The Balaban J connectivity index is 1.22. The van der Waals surface area contributed by atoms with E-state index >= 15 is 0 Å². The van der Waals surface area contributed by atoms with Gasteiger partial charge in [0.2, 0.25) is 5.95 Å². The first-order valence-electron chi connectivity index (χ1n) is 11.9. The SMILES string of the molecule is N/C(=N\Nc1ncc(F)c(N2CCOCC2)n1)c1ccc(Nc2cccc(N3CCNCC3)c2)cn1. The number of hydrogen-bond acceptors (Lipinski definition) is 10. The number of hydrazone groups is 1. The second-order valence-corrected chi connectivity index (χ2v) is 8.42. The third kappa shape index (κ3) is 5.78. The average molecular weight is 493 g/mol. The number of benzene rings is 1. The Morgan fingerprint density at radius 1 is 1.00 bits per heavy atom. The zero-order valence-electron chi connectivity index (χ0n) is 19.8. The van der Waals surface area contributed by atoms with Crippen molar-refractivity contribution >= 4 is 34.7 Å². The molecular weight excluding hydrogens is 463 g/mol. The molecule has 0 saturated carbocycles. The highest BCUT2D eigenvalue weighted by Gasteiger charge is 2.18. The smallest absolute Gasteiger partial charge is 0.245 e. The van der Waals surface area contributed by atoms with Crippen LogP contribution in [-0.4, -0.2) is 73.3 Å². The van der Waals surface area contributed by atoms with E-state index < -0.39 is 5.82 Å². The van der Waals surface area contributed by atoms with Crippen molar-refractivity contribution in [2.24, 2.45) is 10.8 Å². The van der Waals surface area contributed by atoms with Crippen molar-refractivity contribution in [2.45, 2.75) is 0 Å². The summed E-state index contributed by atoms with van der Waals surface area (Å²) < 4.78 is 19.5. The van der Waals surface area contributed by atoms with Crippen molar-refractivity contribution in [3.8, 4) is 0 Å². The van der Waals surface area contributed by atoms with Crippen LogP contribution in [0.1, 0.15) is 5.69 Å². The molecule has 0 spiro atoms. The summed E-state index contributed by atoms with van der Waals surface area (Å²) in [6, 6.07) is 12.0. The molecule has 12 heteroatoms. The highest BCUT2D eigenvalue weighted by Crippen LogP contribution is 2.23. The van der Waals surface area contributed by atoms with E-state index in [9.17, 15) is 4.39 Å². The Kier molecular flexibility index (Phi) is 7.33. The van der Waals surface area contributed by atoms with E-state index in [1.807, 2.05) is 23.1 Å². The van der Waals surface area contributed by atoms with Gasteiger partial charge in [-0.15, -0.1) is 0 Å². The number of piperazine rings is 1. The quantitative estimate of drug-likeness (QED) is 0.220. The van der Waals surface area contributed by atoms with Gasteiger partial charge in [-0.1, -0.05) is 6.07 Å². The molecule has 36 heavy (non-hydrogen) atoms. The van der Waals surface area contributed by atoms with Crippen LogP contribution in [0.15, 0.2) is 53.9 Å². The average Bonchev–Trinajstić information content (AvgIpc) is 2.94. The van der Waals surface area contributed by atoms with Gasteiger partial charge in [0, 0.05) is 50.6 Å². The molecule has 2 aromatic heterocycles. The first-order valence-corrected chi connectivity index (χ1v) is 11.9. The van der Waals surface area contributed by atoms with Crippen LogP contribution in [0.2, 0.25) is 0 Å². The molecule has 0 bridgehead atoms. The topological polar surface area (TPSA) is 129 Å². The molecule has 0 atom stereocenters. The van der Waals surface area contributed by atoms with Gasteiger partial charge in [0.15, 0.2) is 17.5 Å². The summed E-state index contributed by atoms with van der Waals surface area (Å²) in [6.45, 7) is 6.12. The number of amidine groups is 1. The van der Waals surface area contributed by atoms with Crippen LogP contribution >= 0.6 is 0 Å². The fourth-order valence-corrected chi connectivity index (χ4v) is 4.07. The van der Waals surface area contributed by atoms with E-state index in [4.69, 9.17) is 10.5 Å². The van der Waals surface area contributed by atoms with Gasteiger partial charge in [0.05, 0.1) is 31.3 Å². The highest BCUT2D eigenvalue weighted by molar-refractivity contribution is 5.96. The Hall–Kier alpha value is -4.03. The first-order chi connectivity index (χ1) is 17.7. The lowest BCUT2D eigenvalue weighted by Gasteiger charge is -2.29. The van der Waals surface area contributed by atoms with Crippen LogP contribution in [0.25, 0.3) is 0 Å². The maximum absolute atomic E-state index is 14.2. The van der Waals surface area contributed by atoms with E-state index in [0.717, 1.165) is 43.8 Å². The van der Waals surface area contributed by atoms with E-state index in [-0.39, 0.29) is 17.6 Å². The number of halogens is 1. The number of nitrogens with zero attached hydrogens (tertiary/aromatic N) is 6. The molecule has 2 saturated heterocycles. The van der Waals surface area contributed by atoms with Gasteiger partial charge >= 0.3 is 0 Å². The Morgan fingerprint density at radius 3 is 2.61 bits per heavy atom. The highest BCUT2D eigenvalue weighted by atomic mass is 19.1. The predicted molar refractivity (Wildman–Crippen MR) is 138 cm³/mol. The van der Waals surface area contributed by atoms with Gasteiger partial charge < -0.3 is 30.9 Å². The Labute approximate surface area is 208 Å². The number of nitrogens with one attached hydrogen (secondary N) is 3. The molecule has 188 valence electrons. The van der Waals surface area contributed by atoms with Crippen molar-refractivity contribution < 1.29 is 9.13 Å². The minimum absolute atomic E-state index is 0.142. The molecule has 0 amide bonds. The lowest BCUT2D eigenvalue weighted by molar-refractivity contribution is 0.122. The van der Waals surface area contributed by atoms with E-state index in [0.29, 0.717) is 32.0 Å². The third-order valence-corrected chi connectivity index (χ3v) is 5.96. The molecule has 0 radical (unpaired) electrons. The number of anilines is 5. The van der Waals surface area contributed by atoms with Gasteiger partial charge in [-0.05, 0) is 30.3 Å². The monoisotopic (exact) mass is 492 g/mol. The van der Waals surface area contributed by atoms with Crippen LogP contribution in [0.5, 0.6) is 0 Å². The summed E-state index contributed by atoms with van der Waals surface area (Å²) in [6.07, 6.45) is 2.81. The van der Waals surface area contributed by atoms with Crippen molar-refractivity contribution in [2.75, 3.05) is 73.0 Å². The summed E-state index contributed by atoms with van der Waals surface area (Å²) in [7, 11) is 0. The molecule has 0 aliphatic carbocycles. The summed E-state index contributed by atoms with van der Waals surface area (Å²) in [5.41, 5.74) is 12.3. The zero-order valence-corrected chi connectivity index (χ0v) is 19.8. The normalized spacial score (nSPS) is 16.6. The standard InChI is InChI=1S/C24H29FN10O/c25-20-16-29-24(31-23(20)35-10-12-36-13-11-35)33-32-22(26)21-5-4-18(15-28-21)30-17-2-1-3-19(14-17)34-8-6-27-7-9-34/h1-5,14-16,27,30H,6-13H2,(H2,26,32)(H,29,31,33). The summed E-state index contributed by atoms with van der Waals surface area (Å²) in [5.74, 6) is 0.00776. The lowest BCUT2D eigenvalue weighted by Crippen LogP contribution is -2.43. The maximum Gasteiger partial charge on any atom is 0.245 e. The zero-order chi connectivity index (χ0) is 24.7. The van der Waals surface area contributed by atoms with Crippen LogP contribution in [0.3, 0.4) is 0 Å². The fourth-order valence-electron chi connectivity index (χ4n) is 4.07. The fraction of sp³-hybridized carbons (Fsp3) is 0.333. The molecule has 11 nitrogen and oxygen atoms in total. The number of aromatic nitrogens is 3. The number of ether oxygens (including phenoxy) is 1. The molecule has 1 aromatic carbocycles. The van der Waals surface area contributed by atoms with E-state index in [2.05, 4.69) is 53.1 Å². The van der Waals surface area contributed by atoms with Crippen molar-refractivity contribution in [1.29, 1.82) is 0 Å². The first kappa shape index (κ1) is 23.7. The molecular formula is C24H29FN10O. The molecule has 3 aromatic rings. The van der Waals surface area contributed by atoms with Gasteiger partial charge in [0.25, 0.3) is 0 Å². The van der Waals surface area contributed by atoms with Gasteiger partial charge in [0.1, 0.15) is 5.69 Å². The lowest BCUT2D eigenvalue weighted by atomic mass is 10.2. The molecule has 2 aliphatic rings.